The van der Waals surface area contributed by atoms with Crippen LogP contribution in [0.15, 0.2) is 46.3 Å². The molecule has 0 bridgehead atoms. The number of halogens is 1. The van der Waals surface area contributed by atoms with E-state index in [9.17, 15) is 13.2 Å². The molecule has 0 aliphatic heterocycles. The van der Waals surface area contributed by atoms with Gasteiger partial charge in [0.2, 0.25) is 0 Å². The molecule has 0 fully saturated rings. The minimum absolute atomic E-state index is 0.0228. The standard InChI is InChI=1S/C19H19ClN2O3S/c1-4-26(24,25)18-6-5-15(20)9-14(18)10-22-11-21-17-8-13(3)12(2)7-16(17)19(22)23/h5-9,11H,4,10H2,1-3H3. The van der Waals surface area contributed by atoms with Gasteiger partial charge < -0.3 is 0 Å². The van der Waals surface area contributed by atoms with E-state index >= 15 is 0 Å². The third-order valence-corrected chi connectivity index (χ3v) is 6.58. The lowest BCUT2D eigenvalue weighted by Gasteiger charge is -2.12. The maximum atomic E-state index is 12.9. The van der Waals surface area contributed by atoms with Crippen LogP contribution in [0.3, 0.4) is 0 Å². The van der Waals surface area contributed by atoms with E-state index in [1.54, 1.807) is 19.1 Å². The maximum absolute atomic E-state index is 12.9. The summed E-state index contributed by atoms with van der Waals surface area (Å²) in [4.78, 5) is 17.4. The number of fused-ring (bicyclic) bond motifs is 1. The molecule has 7 heteroatoms. The van der Waals surface area contributed by atoms with Crippen molar-refractivity contribution in [2.45, 2.75) is 32.2 Å². The van der Waals surface area contributed by atoms with Crippen molar-refractivity contribution in [1.82, 2.24) is 9.55 Å². The Kier molecular flexibility index (Phi) is 4.90. The van der Waals surface area contributed by atoms with Crippen molar-refractivity contribution in [3.63, 3.8) is 0 Å². The lowest BCUT2D eigenvalue weighted by atomic mass is 10.1. The first-order chi connectivity index (χ1) is 12.2. The number of aromatic nitrogens is 2. The summed E-state index contributed by atoms with van der Waals surface area (Å²) < 4.78 is 26.1. The third kappa shape index (κ3) is 3.39. The quantitative estimate of drug-likeness (QED) is 0.683. The average Bonchev–Trinajstić information content (AvgIpc) is 2.59. The van der Waals surface area contributed by atoms with Gasteiger partial charge in [0.1, 0.15) is 0 Å². The molecule has 5 nitrogen and oxygen atoms in total. The number of nitrogens with zero attached hydrogens (tertiary/aromatic N) is 2. The average molecular weight is 391 g/mol. The molecular weight excluding hydrogens is 372 g/mol. The predicted molar refractivity (Wildman–Crippen MR) is 104 cm³/mol. The van der Waals surface area contributed by atoms with Crippen molar-refractivity contribution in [1.29, 1.82) is 0 Å². The minimum atomic E-state index is -3.43. The van der Waals surface area contributed by atoms with Gasteiger partial charge >= 0.3 is 0 Å². The molecule has 2 aromatic carbocycles. The molecule has 1 aromatic heterocycles. The van der Waals surface area contributed by atoms with E-state index in [-0.39, 0.29) is 22.8 Å². The largest absolute Gasteiger partial charge is 0.294 e. The number of hydrogen-bond acceptors (Lipinski definition) is 4. The second-order valence-electron chi connectivity index (χ2n) is 6.29. The number of sulfone groups is 1. The van der Waals surface area contributed by atoms with E-state index < -0.39 is 9.84 Å². The Bertz CT molecular complexity index is 1170. The lowest BCUT2D eigenvalue weighted by Crippen LogP contribution is -2.22. The monoisotopic (exact) mass is 390 g/mol. The van der Waals surface area contributed by atoms with E-state index in [1.807, 2.05) is 26.0 Å². The van der Waals surface area contributed by atoms with Crippen LogP contribution in [0.5, 0.6) is 0 Å². The number of aryl methyl sites for hydroxylation is 2. The zero-order valence-corrected chi connectivity index (χ0v) is 16.4. The summed E-state index contributed by atoms with van der Waals surface area (Å²) in [6.45, 7) is 5.58. The lowest BCUT2D eigenvalue weighted by molar-refractivity contribution is 0.595. The van der Waals surface area contributed by atoms with E-state index in [0.29, 0.717) is 21.5 Å². The van der Waals surface area contributed by atoms with Crippen molar-refractivity contribution in [3.05, 3.63) is 68.7 Å². The molecule has 0 aliphatic rings. The summed E-state index contributed by atoms with van der Waals surface area (Å²) in [6, 6.07) is 8.31. The summed E-state index contributed by atoms with van der Waals surface area (Å²) in [5.41, 5.74) is 2.96. The molecular formula is C19H19ClN2O3S. The highest BCUT2D eigenvalue weighted by molar-refractivity contribution is 7.91. The third-order valence-electron chi connectivity index (χ3n) is 4.52. The fraction of sp³-hybridized carbons (Fsp3) is 0.263. The van der Waals surface area contributed by atoms with Gasteiger partial charge in [-0.2, -0.15) is 0 Å². The molecule has 0 unspecified atom stereocenters. The topological polar surface area (TPSA) is 69.0 Å². The second kappa shape index (κ2) is 6.85. The van der Waals surface area contributed by atoms with Gasteiger partial charge in [-0.3, -0.25) is 9.36 Å². The van der Waals surface area contributed by atoms with Gasteiger partial charge in [0, 0.05) is 5.02 Å². The number of hydrogen-bond donors (Lipinski definition) is 0. The van der Waals surface area contributed by atoms with Crippen LogP contribution in [-0.4, -0.2) is 23.7 Å². The maximum Gasteiger partial charge on any atom is 0.261 e. The first-order valence-electron chi connectivity index (χ1n) is 8.20. The van der Waals surface area contributed by atoms with Crippen LogP contribution in [-0.2, 0) is 16.4 Å². The van der Waals surface area contributed by atoms with Crippen molar-refractivity contribution in [3.8, 4) is 0 Å². The number of rotatable bonds is 4. The van der Waals surface area contributed by atoms with E-state index in [0.717, 1.165) is 11.1 Å². The molecule has 0 aliphatic carbocycles. The zero-order valence-electron chi connectivity index (χ0n) is 14.8. The van der Waals surface area contributed by atoms with Crippen LogP contribution in [0.1, 0.15) is 23.6 Å². The Morgan fingerprint density at radius 2 is 1.81 bits per heavy atom. The molecule has 136 valence electrons. The summed E-state index contributed by atoms with van der Waals surface area (Å²) in [5, 5.41) is 0.931. The van der Waals surface area contributed by atoms with Gasteiger partial charge in [-0.1, -0.05) is 18.5 Å². The fourth-order valence-corrected chi connectivity index (χ4v) is 4.15. The Hall–Kier alpha value is -2.18. The minimum Gasteiger partial charge on any atom is -0.294 e. The van der Waals surface area contributed by atoms with Crippen molar-refractivity contribution in [2.24, 2.45) is 0 Å². The van der Waals surface area contributed by atoms with Crippen LogP contribution in [0.4, 0.5) is 0 Å². The SMILES string of the molecule is CCS(=O)(=O)c1ccc(Cl)cc1Cn1cnc2cc(C)c(C)cc2c1=O. The highest BCUT2D eigenvalue weighted by atomic mass is 35.5. The predicted octanol–water partition coefficient (Wildman–Crippen LogP) is 3.51. The highest BCUT2D eigenvalue weighted by Gasteiger charge is 2.18. The van der Waals surface area contributed by atoms with E-state index in [1.165, 1.54) is 17.0 Å². The first kappa shape index (κ1) is 18.6. The molecule has 0 spiro atoms. The summed E-state index contributed by atoms with van der Waals surface area (Å²) >= 11 is 6.05. The molecule has 0 saturated heterocycles. The van der Waals surface area contributed by atoms with Crippen molar-refractivity contribution in [2.75, 3.05) is 5.75 Å². The Morgan fingerprint density at radius 3 is 2.50 bits per heavy atom. The van der Waals surface area contributed by atoms with E-state index in [2.05, 4.69) is 4.98 Å². The Morgan fingerprint density at radius 1 is 1.12 bits per heavy atom. The molecule has 3 rings (SSSR count). The Labute approximate surface area is 157 Å². The Balaban J connectivity index is 2.16. The van der Waals surface area contributed by atoms with Crippen molar-refractivity contribution < 1.29 is 8.42 Å². The molecule has 0 saturated carbocycles. The van der Waals surface area contributed by atoms with Gasteiger partial charge in [0.05, 0.1) is 34.4 Å². The van der Waals surface area contributed by atoms with Gasteiger partial charge in [-0.25, -0.2) is 13.4 Å². The van der Waals surface area contributed by atoms with Gasteiger partial charge in [-0.15, -0.1) is 0 Å². The molecule has 0 amide bonds. The second-order valence-corrected chi connectivity index (χ2v) is 8.97. The van der Waals surface area contributed by atoms with Crippen molar-refractivity contribution >= 4 is 32.3 Å². The molecule has 0 N–H and O–H groups in total. The summed E-state index contributed by atoms with van der Waals surface area (Å²) in [5.74, 6) is -0.0228. The fourth-order valence-electron chi connectivity index (χ4n) is 2.84. The first-order valence-corrected chi connectivity index (χ1v) is 10.2. The highest BCUT2D eigenvalue weighted by Crippen LogP contribution is 2.23. The molecule has 26 heavy (non-hydrogen) atoms. The van der Waals surface area contributed by atoms with Crippen LogP contribution in [0.2, 0.25) is 5.02 Å². The molecule has 0 atom stereocenters. The van der Waals surface area contributed by atoms with Crippen LogP contribution in [0.25, 0.3) is 10.9 Å². The molecule has 3 aromatic rings. The number of benzene rings is 2. The molecule has 0 radical (unpaired) electrons. The van der Waals surface area contributed by atoms with Gasteiger partial charge in [0.15, 0.2) is 9.84 Å². The summed E-state index contributed by atoms with van der Waals surface area (Å²) in [6.07, 6.45) is 1.45. The van der Waals surface area contributed by atoms with Crippen LogP contribution in [0, 0.1) is 13.8 Å². The molecule has 1 heterocycles. The van der Waals surface area contributed by atoms with Crippen LogP contribution < -0.4 is 5.56 Å². The van der Waals surface area contributed by atoms with Gasteiger partial charge in [0.25, 0.3) is 5.56 Å². The van der Waals surface area contributed by atoms with Crippen LogP contribution >= 0.6 is 11.6 Å². The summed E-state index contributed by atoms with van der Waals surface area (Å²) in [7, 11) is -3.43. The van der Waals surface area contributed by atoms with Gasteiger partial charge in [-0.05, 0) is 60.9 Å². The smallest absolute Gasteiger partial charge is 0.261 e. The normalized spacial score (nSPS) is 11.8. The zero-order chi connectivity index (χ0) is 19.1. The van der Waals surface area contributed by atoms with E-state index in [4.69, 9.17) is 11.6 Å².